The summed E-state index contributed by atoms with van der Waals surface area (Å²) < 4.78 is 41.4. The highest BCUT2D eigenvalue weighted by Gasteiger charge is 2.22. The Morgan fingerprint density at radius 1 is 1.38 bits per heavy atom. The fourth-order valence-corrected chi connectivity index (χ4v) is 3.21. The van der Waals surface area contributed by atoms with Gasteiger partial charge in [-0.3, -0.25) is 9.40 Å². The summed E-state index contributed by atoms with van der Waals surface area (Å²) in [6, 6.07) is 2.22. The predicted molar refractivity (Wildman–Crippen MR) is 79.5 cm³/mol. The van der Waals surface area contributed by atoms with Crippen molar-refractivity contribution >= 4 is 44.7 Å². The Bertz CT molecular complexity index is 769. The van der Waals surface area contributed by atoms with Crippen LogP contribution in [0.25, 0.3) is 0 Å². The molecule has 1 aromatic carbocycles. The first kappa shape index (κ1) is 15.9. The summed E-state index contributed by atoms with van der Waals surface area (Å²) >= 11 is 11.2. The van der Waals surface area contributed by atoms with Gasteiger partial charge in [-0.05, 0) is 19.1 Å². The van der Waals surface area contributed by atoms with Gasteiger partial charge in [0.1, 0.15) is 4.90 Å². The van der Waals surface area contributed by atoms with Crippen molar-refractivity contribution in [1.29, 1.82) is 0 Å². The molecule has 0 spiro atoms. The van der Waals surface area contributed by atoms with E-state index in [1.165, 1.54) is 10.9 Å². The number of benzene rings is 1. The number of nitrogens with two attached hydrogens (primary N) is 1. The van der Waals surface area contributed by atoms with Crippen LogP contribution >= 0.6 is 23.2 Å². The second-order valence-corrected chi connectivity index (χ2v) is 6.56. The van der Waals surface area contributed by atoms with Gasteiger partial charge in [0.2, 0.25) is 0 Å². The van der Waals surface area contributed by atoms with Crippen molar-refractivity contribution in [2.45, 2.75) is 18.4 Å². The molecule has 3 N–H and O–H groups in total. The number of nitrogens with one attached hydrogen (secondary N) is 1. The fraction of sp³-hybridized carbons (Fsp3) is 0.182. The number of hydrogen-bond acceptors (Lipinski definition) is 4. The fourth-order valence-electron chi connectivity index (χ4n) is 1.61. The molecule has 6 nitrogen and oxygen atoms in total. The van der Waals surface area contributed by atoms with E-state index in [2.05, 4.69) is 9.82 Å². The van der Waals surface area contributed by atoms with Gasteiger partial charge in [-0.2, -0.15) is 5.10 Å². The number of nitrogens with zero attached hydrogens (tertiary/aromatic N) is 2. The van der Waals surface area contributed by atoms with Crippen LogP contribution in [0.4, 0.5) is 15.9 Å². The Labute approximate surface area is 130 Å². The molecule has 10 heteroatoms. The van der Waals surface area contributed by atoms with Crippen molar-refractivity contribution in [3.8, 4) is 0 Å². The van der Waals surface area contributed by atoms with Gasteiger partial charge in [0.15, 0.2) is 11.6 Å². The maximum absolute atomic E-state index is 13.3. The molecular formula is C11H11Cl2FN4O2S. The van der Waals surface area contributed by atoms with E-state index >= 15 is 0 Å². The Morgan fingerprint density at radius 3 is 2.43 bits per heavy atom. The summed E-state index contributed by atoms with van der Waals surface area (Å²) in [5.74, 6) is -0.955. The molecular weight excluding hydrogens is 342 g/mol. The van der Waals surface area contributed by atoms with E-state index in [-0.39, 0.29) is 26.4 Å². The first-order chi connectivity index (χ1) is 9.74. The van der Waals surface area contributed by atoms with Crippen molar-refractivity contribution in [1.82, 2.24) is 9.78 Å². The Kier molecular flexibility index (Phi) is 4.31. The minimum absolute atomic E-state index is 0.0232. The third-order valence-electron chi connectivity index (χ3n) is 2.60. The standard InChI is InChI=1S/C11H11Cl2FN4O2S/c1-2-18-5-9(11(15)16-18)21(19,20)17-6-3-7(12)10(14)8(13)4-6/h3-5,17H,2H2,1H3,(H2,15,16). The van der Waals surface area contributed by atoms with Crippen molar-refractivity contribution in [2.24, 2.45) is 0 Å². The summed E-state index contributed by atoms with van der Waals surface area (Å²) in [5, 5.41) is 3.26. The van der Waals surface area contributed by atoms with Crippen molar-refractivity contribution < 1.29 is 12.8 Å². The van der Waals surface area contributed by atoms with Gasteiger partial charge in [-0.15, -0.1) is 0 Å². The molecule has 0 saturated heterocycles. The van der Waals surface area contributed by atoms with Crippen LogP contribution in [-0.4, -0.2) is 18.2 Å². The predicted octanol–water partition coefficient (Wildman–Crippen LogP) is 2.73. The van der Waals surface area contributed by atoms with Gasteiger partial charge in [0.25, 0.3) is 10.0 Å². The van der Waals surface area contributed by atoms with Crippen LogP contribution < -0.4 is 10.5 Å². The molecule has 2 aromatic rings. The second kappa shape index (κ2) is 5.70. The third kappa shape index (κ3) is 3.22. The monoisotopic (exact) mass is 352 g/mol. The Balaban J connectivity index is 2.39. The summed E-state index contributed by atoms with van der Waals surface area (Å²) in [6.07, 6.45) is 1.30. The minimum Gasteiger partial charge on any atom is -0.381 e. The smallest absolute Gasteiger partial charge is 0.267 e. The van der Waals surface area contributed by atoms with Gasteiger partial charge >= 0.3 is 0 Å². The molecule has 0 amide bonds. The van der Waals surface area contributed by atoms with Gasteiger partial charge in [0, 0.05) is 12.7 Å². The minimum atomic E-state index is -3.98. The molecule has 0 aliphatic heterocycles. The Morgan fingerprint density at radius 2 is 1.95 bits per heavy atom. The molecule has 0 saturated carbocycles. The summed E-state index contributed by atoms with van der Waals surface area (Å²) in [4.78, 5) is -0.180. The molecule has 0 unspecified atom stereocenters. The largest absolute Gasteiger partial charge is 0.381 e. The zero-order valence-electron chi connectivity index (χ0n) is 10.8. The van der Waals surface area contributed by atoms with Crippen LogP contribution in [0.15, 0.2) is 23.2 Å². The van der Waals surface area contributed by atoms with Gasteiger partial charge in [-0.1, -0.05) is 23.2 Å². The van der Waals surface area contributed by atoms with Crippen LogP contribution in [0.5, 0.6) is 0 Å². The SMILES string of the molecule is CCn1cc(S(=O)(=O)Nc2cc(Cl)c(F)c(Cl)c2)c(N)n1. The molecule has 0 aliphatic rings. The molecule has 114 valence electrons. The highest BCUT2D eigenvalue weighted by molar-refractivity contribution is 7.92. The number of aryl methyl sites for hydroxylation is 1. The molecule has 0 aliphatic carbocycles. The maximum atomic E-state index is 13.3. The maximum Gasteiger partial charge on any atom is 0.267 e. The Hall–Kier alpha value is -1.51. The van der Waals surface area contributed by atoms with Gasteiger partial charge in [0.05, 0.1) is 15.7 Å². The van der Waals surface area contributed by atoms with E-state index in [0.717, 1.165) is 12.1 Å². The van der Waals surface area contributed by atoms with E-state index < -0.39 is 15.8 Å². The van der Waals surface area contributed by atoms with Gasteiger partial charge < -0.3 is 5.73 Å². The van der Waals surface area contributed by atoms with E-state index in [1.807, 2.05) is 0 Å². The van der Waals surface area contributed by atoms with Crippen molar-refractivity contribution in [2.75, 3.05) is 10.5 Å². The average molecular weight is 353 g/mol. The topological polar surface area (TPSA) is 90.0 Å². The summed E-state index contributed by atoms with van der Waals surface area (Å²) in [7, 11) is -3.98. The lowest BCUT2D eigenvalue weighted by Gasteiger charge is -2.08. The molecule has 21 heavy (non-hydrogen) atoms. The summed E-state index contributed by atoms with van der Waals surface area (Å²) in [6.45, 7) is 2.25. The molecule has 0 radical (unpaired) electrons. The first-order valence-corrected chi connectivity index (χ1v) is 7.98. The van der Waals surface area contributed by atoms with E-state index in [4.69, 9.17) is 28.9 Å². The number of anilines is 2. The van der Waals surface area contributed by atoms with Crippen LogP contribution in [0.2, 0.25) is 10.0 Å². The molecule has 0 atom stereocenters. The molecule has 0 fully saturated rings. The lowest BCUT2D eigenvalue weighted by Crippen LogP contribution is -2.14. The number of halogens is 3. The van der Waals surface area contributed by atoms with Crippen molar-refractivity contribution in [3.05, 3.63) is 34.2 Å². The van der Waals surface area contributed by atoms with E-state index in [1.54, 1.807) is 6.92 Å². The van der Waals surface area contributed by atoms with E-state index in [0.29, 0.717) is 6.54 Å². The second-order valence-electron chi connectivity index (χ2n) is 4.09. The first-order valence-electron chi connectivity index (χ1n) is 5.75. The van der Waals surface area contributed by atoms with Crippen LogP contribution in [0.1, 0.15) is 6.92 Å². The zero-order valence-corrected chi connectivity index (χ0v) is 13.1. The van der Waals surface area contributed by atoms with Crippen molar-refractivity contribution in [3.63, 3.8) is 0 Å². The van der Waals surface area contributed by atoms with E-state index in [9.17, 15) is 12.8 Å². The lowest BCUT2D eigenvalue weighted by atomic mass is 10.3. The third-order valence-corrected chi connectivity index (χ3v) is 4.55. The average Bonchev–Trinajstić information content (AvgIpc) is 2.77. The van der Waals surface area contributed by atoms with Crippen LogP contribution in [0, 0.1) is 5.82 Å². The highest BCUT2D eigenvalue weighted by atomic mass is 35.5. The number of nitrogen functional groups attached to an aromatic ring is 1. The van der Waals surface area contributed by atoms with Crippen LogP contribution in [-0.2, 0) is 16.6 Å². The molecule has 1 aromatic heterocycles. The van der Waals surface area contributed by atoms with Gasteiger partial charge in [-0.25, -0.2) is 12.8 Å². The lowest BCUT2D eigenvalue weighted by molar-refractivity contribution is 0.600. The zero-order chi connectivity index (χ0) is 15.8. The highest BCUT2D eigenvalue weighted by Crippen LogP contribution is 2.29. The number of rotatable bonds is 4. The number of sulfonamides is 1. The molecule has 1 heterocycles. The molecule has 2 rings (SSSR count). The summed E-state index contributed by atoms with van der Waals surface area (Å²) in [5.41, 5.74) is 5.60. The van der Waals surface area contributed by atoms with Crippen LogP contribution in [0.3, 0.4) is 0 Å². The number of aromatic nitrogens is 2. The number of hydrogen-bond donors (Lipinski definition) is 2. The molecule has 0 bridgehead atoms. The quantitative estimate of drug-likeness (QED) is 0.827. The normalized spacial score (nSPS) is 11.6.